The monoisotopic (exact) mass is 312 g/mol. The summed E-state index contributed by atoms with van der Waals surface area (Å²) in [7, 11) is -1.92. The maximum Gasteiger partial charge on any atom is 0.265 e. The van der Waals surface area contributed by atoms with Gasteiger partial charge in [0.1, 0.15) is 10.7 Å². The second-order valence-electron chi connectivity index (χ2n) is 4.47. The first-order valence-corrected chi connectivity index (χ1v) is 8.40. The van der Waals surface area contributed by atoms with Gasteiger partial charge in [-0.2, -0.15) is 0 Å². The van der Waals surface area contributed by atoms with Crippen molar-refractivity contribution in [1.29, 1.82) is 0 Å². The van der Waals surface area contributed by atoms with Crippen molar-refractivity contribution < 1.29 is 8.42 Å². The molecule has 0 aromatic carbocycles. The van der Waals surface area contributed by atoms with Crippen LogP contribution >= 0.6 is 11.3 Å². The summed E-state index contributed by atoms with van der Waals surface area (Å²) in [4.78, 5) is 8.35. The number of hydrogen-bond donors (Lipinski definition) is 2. The number of rotatable bonds is 5. The van der Waals surface area contributed by atoms with Gasteiger partial charge in [-0.25, -0.2) is 18.4 Å². The first-order valence-electron chi connectivity index (χ1n) is 6.04. The third kappa shape index (κ3) is 3.26. The highest BCUT2D eigenvalue weighted by atomic mass is 32.2. The Hall–Kier alpha value is -1.67. The highest BCUT2D eigenvalue weighted by Crippen LogP contribution is 2.24. The van der Waals surface area contributed by atoms with Gasteiger partial charge < -0.3 is 5.32 Å². The summed E-state index contributed by atoms with van der Waals surface area (Å²) in [5.41, 5.74) is 0.872. The number of anilines is 2. The standard InChI is InChI=1S/C12H16N4O2S2/c1-8(2)10-7-19-12(15-10)16-20(17,18)9-4-5-11(13-3)14-6-9/h4-8H,1-3H3,(H,13,14)(H,15,16). The largest absolute Gasteiger partial charge is 0.373 e. The molecule has 0 fully saturated rings. The summed E-state index contributed by atoms with van der Waals surface area (Å²) in [6.07, 6.45) is 1.31. The number of nitrogens with zero attached hydrogens (tertiary/aromatic N) is 2. The van der Waals surface area contributed by atoms with Gasteiger partial charge in [-0.05, 0) is 18.1 Å². The minimum absolute atomic E-state index is 0.109. The number of nitrogens with one attached hydrogen (secondary N) is 2. The van der Waals surface area contributed by atoms with E-state index in [0.717, 1.165) is 5.69 Å². The van der Waals surface area contributed by atoms with Crippen molar-refractivity contribution in [2.45, 2.75) is 24.7 Å². The van der Waals surface area contributed by atoms with E-state index in [1.807, 2.05) is 19.2 Å². The smallest absolute Gasteiger partial charge is 0.265 e. The van der Waals surface area contributed by atoms with Gasteiger partial charge in [0.2, 0.25) is 0 Å². The van der Waals surface area contributed by atoms with Crippen LogP contribution in [0.2, 0.25) is 0 Å². The van der Waals surface area contributed by atoms with E-state index in [9.17, 15) is 8.42 Å². The fraction of sp³-hybridized carbons (Fsp3) is 0.333. The zero-order valence-corrected chi connectivity index (χ0v) is 13.0. The van der Waals surface area contributed by atoms with Crippen LogP contribution in [0.25, 0.3) is 0 Å². The molecule has 2 rings (SSSR count). The molecule has 0 amide bonds. The van der Waals surface area contributed by atoms with Crippen molar-refractivity contribution >= 4 is 32.3 Å². The highest BCUT2D eigenvalue weighted by Gasteiger charge is 2.17. The molecule has 2 aromatic heterocycles. The second kappa shape index (κ2) is 5.76. The molecule has 108 valence electrons. The summed E-state index contributed by atoms with van der Waals surface area (Å²) in [6, 6.07) is 3.11. The zero-order valence-electron chi connectivity index (χ0n) is 11.4. The quantitative estimate of drug-likeness (QED) is 0.886. The molecule has 0 aliphatic rings. The minimum atomic E-state index is -3.64. The first-order chi connectivity index (χ1) is 9.42. The van der Waals surface area contributed by atoms with Gasteiger partial charge in [-0.1, -0.05) is 13.8 Å². The Morgan fingerprint density at radius 1 is 1.30 bits per heavy atom. The van der Waals surface area contributed by atoms with Crippen LogP contribution in [0.3, 0.4) is 0 Å². The van der Waals surface area contributed by atoms with Crippen LogP contribution in [0, 0.1) is 0 Å². The van der Waals surface area contributed by atoms with E-state index in [2.05, 4.69) is 20.0 Å². The predicted octanol–water partition coefficient (Wildman–Crippen LogP) is 2.50. The van der Waals surface area contributed by atoms with Crippen LogP contribution in [-0.4, -0.2) is 25.4 Å². The Balaban J connectivity index is 2.21. The van der Waals surface area contributed by atoms with E-state index in [-0.39, 0.29) is 10.8 Å². The van der Waals surface area contributed by atoms with E-state index < -0.39 is 10.0 Å². The number of thiazole rings is 1. The van der Waals surface area contributed by atoms with E-state index in [4.69, 9.17) is 0 Å². The number of pyridine rings is 1. The van der Waals surface area contributed by atoms with Gasteiger partial charge in [0.15, 0.2) is 5.13 Å². The second-order valence-corrected chi connectivity index (χ2v) is 7.01. The van der Waals surface area contributed by atoms with Gasteiger partial charge in [0.05, 0.1) is 5.69 Å². The van der Waals surface area contributed by atoms with Gasteiger partial charge in [0.25, 0.3) is 10.0 Å². The molecule has 0 bridgehead atoms. The SMILES string of the molecule is CNc1ccc(S(=O)(=O)Nc2nc(C(C)C)cs2)cn1. The van der Waals surface area contributed by atoms with Crippen LogP contribution in [0.15, 0.2) is 28.6 Å². The molecule has 2 heterocycles. The van der Waals surface area contributed by atoms with Crippen LogP contribution in [0.5, 0.6) is 0 Å². The number of hydrogen-bond acceptors (Lipinski definition) is 6. The van der Waals surface area contributed by atoms with Gasteiger partial charge >= 0.3 is 0 Å². The van der Waals surface area contributed by atoms with Crippen molar-refractivity contribution in [3.05, 3.63) is 29.4 Å². The van der Waals surface area contributed by atoms with E-state index in [0.29, 0.717) is 10.9 Å². The molecule has 8 heteroatoms. The lowest BCUT2D eigenvalue weighted by molar-refractivity contribution is 0.601. The maximum absolute atomic E-state index is 12.2. The van der Waals surface area contributed by atoms with Gasteiger partial charge in [-0.3, -0.25) is 4.72 Å². The molecule has 20 heavy (non-hydrogen) atoms. The molecular formula is C12H16N4O2S2. The summed E-state index contributed by atoms with van der Waals surface area (Å²) < 4.78 is 26.8. The molecule has 0 spiro atoms. The van der Waals surface area contributed by atoms with E-state index in [1.54, 1.807) is 13.1 Å². The minimum Gasteiger partial charge on any atom is -0.373 e. The lowest BCUT2D eigenvalue weighted by atomic mass is 10.2. The Bertz CT molecular complexity index is 678. The summed E-state index contributed by atoms with van der Waals surface area (Å²) >= 11 is 1.27. The lowest BCUT2D eigenvalue weighted by Crippen LogP contribution is -2.13. The third-order valence-corrected chi connectivity index (χ3v) is 4.87. The third-order valence-electron chi connectivity index (χ3n) is 2.64. The molecule has 0 radical (unpaired) electrons. The molecule has 0 saturated heterocycles. The Labute approximate surface area is 122 Å². The van der Waals surface area contributed by atoms with Crippen molar-refractivity contribution in [3.63, 3.8) is 0 Å². The summed E-state index contributed by atoms with van der Waals surface area (Å²) in [5, 5.41) is 5.05. The summed E-state index contributed by atoms with van der Waals surface area (Å²) in [5.74, 6) is 0.876. The maximum atomic E-state index is 12.2. The molecule has 0 aliphatic carbocycles. The molecule has 0 unspecified atom stereocenters. The molecule has 0 atom stereocenters. The van der Waals surface area contributed by atoms with E-state index in [1.165, 1.54) is 23.6 Å². The number of aromatic nitrogens is 2. The molecule has 2 N–H and O–H groups in total. The van der Waals surface area contributed by atoms with Crippen molar-refractivity contribution in [2.75, 3.05) is 17.1 Å². The Morgan fingerprint density at radius 2 is 2.05 bits per heavy atom. The fourth-order valence-electron chi connectivity index (χ4n) is 1.46. The molecule has 0 aliphatic heterocycles. The highest BCUT2D eigenvalue weighted by molar-refractivity contribution is 7.93. The van der Waals surface area contributed by atoms with Crippen LogP contribution in [0.1, 0.15) is 25.5 Å². The molecule has 0 saturated carbocycles. The van der Waals surface area contributed by atoms with Crippen molar-refractivity contribution in [1.82, 2.24) is 9.97 Å². The molecule has 6 nitrogen and oxygen atoms in total. The number of sulfonamides is 1. The Kier molecular flexibility index (Phi) is 4.24. The van der Waals surface area contributed by atoms with Crippen LogP contribution < -0.4 is 10.0 Å². The zero-order chi connectivity index (χ0) is 14.8. The normalized spacial score (nSPS) is 11.6. The fourth-order valence-corrected chi connectivity index (χ4v) is 3.53. The predicted molar refractivity (Wildman–Crippen MR) is 80.8 cm³/mol. The average molecular weight is 312 g/mol. The molecular weight excluding hydrogens is 296 g/mol. The van der Waals surface area contributed by atoms with Crippen molar-refractivity contribution in [3.8, 4) is 0 Å². The van der Waals surface area contributed by atoms with Crippen LogP contribution in [-0.2, 0) is 10.0 Å². The van der Waals surface area contributed by atoms with Gasteiger partial charge in [-0.15, -0.1) is 11.3 Å². The first kappa shape index (κ1) is 14.7. The lowest BCUT2D eigenvalue weighted by Gasteiger charge is -2.05. The topological polar surface area (TPSA) is 84.0 Å². The van der Waals surface area contributed by atoms with Gasteiger partial charge in [0, 0.05) is 18.6 Å². The Morgan fingerprint density at radius 3 is 2.55 bits per heavy atom. The van der Waals surface area contributed by atoms with Crippen LogP contribution in [0.4, 0.5) is 10.9 Å². The van der Waals surface area contributed by atoms with Crippen molar-refractivity contribution in [2.24, 2.45) is 0 Å². The van der Waals surface area contributed by atoms with E-state index >= 15 is 0 Å². The average Bonchev–Trinajstić information content (AvgIpc) is 2.87. The summed E-state index contributed by atoms with van der Waals surface area (Å²) in [6.45, 7) is 4.02. The molecule has 2 aromatic rings.